The van der Waals surface area contributed by atoms with Gasteiger partial charge in [-0.2, -0.15) is 0 Å². The van der Waals surface area contributed by atoms with Crippen molar-refractivity contribution in [3.05, 3.63) is 36.4 Å². The number of azo groups is 1. The fraction of sp³-hybridized carbons (Fsp3) is 0.500. The lowest BCUT2D eigenvalue weighted by Crippen LogP contribution is -2.47. The highest BCUT2D eigenvalue weighted by Crippen LogP contribution is 2.32. The number of piperidine rings is 2. The molecule has 1 aromatic carbocycles. The summed E-state index contributed by atoms with van der Waals surface area (Å²) in [4.78, 5) is 21.6. The second-order valence-electron chi connectivity index (χ2n) is 9.00. The Morgan fingerprint density at radius 1 is 1.00 bits per heavy atom. The summed E-state index contributed by atoms with van der Waals surface area (Å²) in [5.41, 5.74) is 12.3. The number of hydrogen-bond donors (Lipinski definition) is 2. The Morgan fingerprint density at radius 3 is 2.42 bits per heavy atom. The van der Waals surface area contributed by atoms with Crippen LogP contribution in [0, 0.1) is 5.92 Å². The van der Waals surface area contributed by atoms with Crippen LogP contribution in [0.15, 0.2) is 46.6 Å². The average Bonchev–Trinajstić information content (AvgIpc) is 2.80. The SMILES string of the molecule is CN1CCC(N2CCC(CC(=O)Oc3ccccc3N=Nc3ccc(N)nc3N)CC2)CC1. The summed E-state index contributed by atoms with van der Waals surface area (Å²) in [7, 11) is 2.19. The summed E-state index contributed by atoms with van der Waals surface area (Å²) in [5, 5.41) is 8.35. The molecule has 9 nitrogen and oxygen atoms in total. The normalized spacial score (nSPS) is 19.2. The van der Waals surface area contributed by atoms with Crippen LogP contribution in [0.1, 0.15) is 32.1 Å². The number of rotatable bonds is 6. The predicted octanol–water partition coefficient (Wildman–Crippen LogP) is 3.76. The molecule has 0 aliphatic carbocycles. The van der Waals surface area contributed by atoms with E-state index in [9.17, 15) is 4.79 Å². The van der Waals surface area contributed by atoms with E-state index in [1.165, 1.54) is 25.9 Å². The topological polar surface area (TPSA) is 122 Å². The van der Waals surface area contributed by atoms with E-state index in [0.29, 0.717) is 41.3 Å². The number of nitrogens with two attached hydrogens (primary N) is 2. The zero-order chi connectivity index (χ0) is 23.2. The number of carbonyl (C=O) groups excluding carboxylic acids is 1. The van der Waals surface area contributed by atoms with E-state index in [-0.39, 0.29) is 11.8 Å². The largest absolute Gasteiger partial charge is 0.424 e. The second-order valence-corrected chi connectivity index (χ2v) is 9.00. The fourth-order valence-corrected chi connectivity index (χ4v) is 4.58. The molecule has 176 valence electrons. The van der Waals surface area contributed by atoms with Crippen molar-refractivity contribution in [2.75, 3.05) is 44.7 Å². The van der Waals surface area contributed by atoms with Gasteiger partial charge < -0.3 is 26.0 Å². The van der Waals surface area contributed by atoms with E-state index < -0.39 is 0 Å². The van der Waals surface area contributed by atoms with Gasteiger partial charge in [0.05, 0.1) is 0 Å². The van der Waals surface area contributed by atoms with E-state index in [2.05, 4.69) is 32.1 Å². The molecule has 4 rings (SSSR count). The van der Waals surface area contributed by atoms with Gasteiger partial charge in [0.25, 0.3) is 0 Å². The molecule has 1 aromatic heterocycles. The number of aromatic nitrogens is 1. The van der Waals surface area contributed by atoms with Gasteiger partial charge in [-0.3, -0.25) is 4.79 Å². The molecule has 2 aliphatic heterocycles. The van der Waals surface area contributed by atoms with Gasteiger partial charge in [0, 0.05) is 12.5 Å². The summed E-state index contributed by atoms with van der Waals surface area (Å²) in [6, 6.07) is 11.0. The number of benzene rings is 1. The van der Waals surface area contributed by atoms with Gasteiger partial charge in [-0.15, -0.1) is 10.2 Å². The molecule has 0 atom stereocenters. The number of ether oxygens (including phenoxy) is 1. The van der Waals surface area contributed by atoms with Gasteiger partial charge in [-0.05, 0) is 89.1 Å². The molecule has 3 heterocycles. The Morgan fingerprint density at radius 2 is 1.70 bits per heavy atom. The molecular formula is C24H33N7O2. The summed E-state index contributed by atoms with van der Waals surface area (Å²) in [5.74, 6) is 1.02. The lowest BCUT2D eigenvalue weighted by atomic mass is 9.91. The molecular weight excluding hydrogens is 418 g/mol. The first-order valence-electron chi connectivity index (χ1n) is 11.6. The molecule has 0 bridgehead atoms. The predicted molar refractivity (Wildman–Crippen MR) is 129 cm³/mol. The number of anilines is 2. The number of nitrogen functional groups attached to an aromatic ring is 2. The number of para-hydroxylation sites is 1. The highest BCUT2D eigenvalue weighted by molar-refractivity contribution is 5.74. The minimum atomic E-state index is -0.232. The van der Waals surface area contributed by atoms with E-state index in [1.807, 2.05) is 6.07 Å². The highest BCUT2D eigenvalue weighted by atomic mass is 16.5. The zero-order valence-corrected chi connectivity index (χ0v) is 19.2. The van der Waals surface area contributed by atoms with Crippen LogP contribution in [0.2, 0.25) is 0 Å². The third kappa shape index (κ3) is 6.27. The van der Waals surface area contributed by atoms with Gasteiger partial charge >= 0.3 is 5.97 Å². The maximum absolute atomic E-state index is 12.7. The highest BCUT2D eigenvalue weighted by Gasteiger charge is 2.28. The van der Waals surface area contributed by atoms with Crippen molar-refractivity contribution in [3.63, 3.8) is 0 Å². The van der Waals surface area contributed by atoms with E-state index in [4.69, 9.17) is 16.2 Å². The molecule has 0 radical (unpaired) electrons. The number of hydrogen-bond acceptors (Lipinski definition) is 9. The van der Waals surface area contributed by atoms with Gasteiger partial charge in [-0.25, -0.2) is 4.98 Å². The number of likely N-dealkylation sites (tertiary alicyclic amines) is 2. The molecule has 9 heteroatoms. The van der Waals surface area contributed by atoms with Crippen LogP contribution < -0.4 is 16.2 Å². The minimum Gasteiger partial charge on any atom is -0.424 e. The van der Waals surface area contributed by atoms with Gasteiger partial charge in [0.2, 0.25) is 0 Å². The maximum Gasteiger partial charge on any atom is 0.311 e. The Labute approximate surface area is 194 Å². The maximum atomic E-state index is 12.7. The van der Waals surface area contributed by atoms with Crippen LogP contribution in [0.4, 0.5) is 23.0 Å². The second kappa shape index (κ2) is 10.7. The zero-order valence-electron chi connectivity index (χ0n) is 19.2. The van der Waals surface area contributed by atoms with Crippen molar-refractivity contribution in [2.24, 2.45) is 16.1 Å². The first-order chi connectivity index (χ1) is 16.0. The van der Waals surface area contributed by atoms with Crippen molar-refractivity contribution >= 4 is 29.0 Å². The van der Waals surface area contributed by atoms with Crippen LogP contribution in [0.25, 0.3) is 0 Å². The molecule has 2 saturated heterocycles. The lowest BCUT2D eigenvalue weighted by molar-refractivity contribution is -0.135. The molecule has 0 saturated carbocycles. The Kier molecular flexibility index (Phi) is 7.51. The van der Waals surface area contributed by atoms with Crippen molar-refractivity contribution in [3.8, 4) is 5.75 Å². The van der Waals surface area contributed by atoms with Crippen LogP contribution in [-0.2, 0) is 4.79 Å². The van der Waals surface area contributed by atoms with Crippen molar-refractivity contribution in [1.29, 1.82) is 0 Å². The number of carbonyl (C=O) groups is 1. The summed E-state index contributed by atoms with van der Waals surface area (Å²) in [6.45, 7) is 4.48. The molecule has 2 aliphatic rings. The quantitative estimate of drug-likeness (QED) is 0.389. The minimum absolute atomic E-state index is 0.194. The first-order valence-corrected chi connectivity index (χ1v) is 11.6. The van der Waals surface area contributed by atoms with Gasteiger partial charge in [0.15, 0.2) is 11.6 Å². The lowest BCUT2D eigenvalue weighted by Gasteiger charge is -2.41. The number of esters is 1. The third-order valence-electron chi connectivity index (χ3n) is 6.59. The summed E-state index contributed by atoms with van der Waals surface area (Å²) < 4.78 is 5.66. The number of pyridine rings is 1. The van der Waals surface area contributed by atoms with Crippen LogP contribution >= 0.6 is 0 Å². The standard InChI is InChI=1S/C24H33N7O2/c1-30-12-10-18(11-13-30)31-14-8-17(9-15-31)16-23(32)33-21-5-3-2-4-19(21)28-29-20-6-7-22(25)27-24(20)26/h2-7,17-18H,8-16H2,1H3,(H4,25,26,27). The fourth-order valence-electron chi connectivity index (χ4n) is 4.58. The molecule has 0 spiro atoms. The number of nitrogens with zero attached hydrogens (tertiary/aromatic N) is 5. The molecule has 33 heavy (non-hydrogen) atoms. The summed E-state index contributed by atoms with van der Waals surface area (Å²) in [6.07, 6.45) is 4.97. The van der Waals surface area contributed by atoms with E-state index in [1.54, 1.807) is 30.3 Å². The molecule has 0 unspecified atom stereocenters. The summed E-state index contributed by atoms with van der Waals surface area (Å²) >= 11 is 0. The van der Waals surface area contributed by atoms with Gasteiger partial charge in [0.1, 0.15) is 17.2 Å². The van der Waals surface area contributed by atoms with Crippen molar-refractivity contribution in [1.82, 2.24) is 14.8 Å². The monoisotopic (exact) mass is 451 g/mol. The Bertz CT molecular complexity index is 981. The third-order valence-corrected chi connectivity index (χ3v) is 6.59. The Hall–Kier alpha value is -3.04. The van der Waals surface area contributed by atoms with Gasteiger partial charge in [-0.1, -0.05) is 12.1 Å². The van der Waals surface area contributed by atoms with Crippen LogP contribution in [-0.4, -0.2) is 60.0 Å². The first kappa shape index (κ1) is 23.1. The van der Waals surface area contributed by atoms with E-state index >= 15 is 0 Å². The molecule has 2 aromatic rings. The molecule has 0 amide bonds. The van der Waals surface area contributed by atoms with E-state index in [0.717, 1.165) is 25.9 Å². The van der Waals surface area contributed by atoms with Crippen molar-refractivity contribution in [2.45, 2.75) is 38.1 Å². The van der Waals surface area contributed by atoms with Crippen molar-refractivity contribution < 1.29 is 9.53 Å². The molecule has 4 N–H and O–H groups in total. The van der Waals surface area contributed by atoms with Crippen LogP contribution in [0.5, 0.6) is 5.75 Å². The van der Waals surface area contributed by atoms with Crippen LogP contribution in [0.3, 0.4) is 0 Å². The average molecular weight is 452 g/mol. The smallest absolute Gasteiger partial charge is 0.311 e. The Balaban J connectivity index is 1.30. The molecule has 2 fully saturated rings.